The number of aliphatic hydroxyl groups is 1. The smallest absolute Gasteiger partial charge is 0.125 e. The van der Waals surface area contributed by atoms with E-state index in [9.17, 15) is 5.11 Å². The molecule has 1 N–H and O–H groups in total. The lowest BCUT2D eigenvalue weighted by molar-refractivity contribution is 0.199. The first-order valence-electron chi connectivity index (χ1n) is 6.64. The van der Waals surface area contributed by atoms with E-state index in [1.807, 2.05) is 43.3 Å². The molecule has 0 saturated heterocycles. The Morgan fingerprint density at radius 2 is 1.80 bits per heavy atom. The van der Waals surface area contributed by atoms with Gasteiger partial charge in [0.05, 0.1) is 13.2 Å². The SMILES string of the molecule is COc1ccc(C)cc1COc1ccc(C(C)O)cc1. The Kier molecular flexibility index (Phi) is 4.64. The molecule has 0 heterocycles. The molecule has 0 bridgehead atoms. The van der Waals surface area contributed by atoms with Crippen molar-refractivity contribution in [3.8, 4) is 11.5 Å². The summed E-state index contributed by atoms with van der Waals surface area (Å²) < 4.78 is 11.1. The maximum absolute atomic E-state index is 9.46. The van der Waals surface area contributed by atoms with Crippen molar-refractivity contribution in [2.24, 2.45) is 0 Å². The van der Waals surface area contributed by atoms with E-state index < -0.39 is 6.10 Å². The molecule has 3 nitrogen and oxygen atoms in total. The van der Waals surface area contributed by atoms with Gasteiger partial charge in [-0.2, -0.15) is 0 Å². The highest BCUT2D eigenvalue weighted by Gasteiger charge is 2.05. The first-order valence-corrected chi connectivity index (χ1v) is 6.64. The minimum absolute atomic E-state index is 0.457. The molecule has 2 rings (SSSR count). The molecule has 0 radical (unpaired) electrons. The van der Waals surface area contributed by atoms with Crippen LogP contribution in [-0.4, -0.2) is 12.2 Å². The Labute approximate surface area is 119 Å². The van der Waals surface area contributed by atoms with E-state index in [1.165, 1.54) is 5.56 Å². The average molecular weight is 272 g/mol. The lowest BCUT2D eigenvalue weighted by atomic mass is 10.1. The standard InChI is InChI=1S/C17H20O3/c1-12-4-9-17(19-3)15(10-12)11-20-16-7-5-14(6-8-16)13(2)18/h4-10,13,18H,11H2,1-3H3. The van der Waals surface area contributed by atoms with Crippen molar-refractivity contribution < 1.29 is 14.6 Å². The van der Waals surface area contributed by atoms with Gasteiger partial charge in [-0.3, -0.25) is 0 Å². The molecule has 2 aromatic carbocycles. The van der Waals surface area contributed by atoms with Crippen molar-refractivity contribution in [2.75, 3.05) is 7.11 Å². The second-order valence-corrected chi connectivity index (χ2v) is 4.85. The lowest BCUT2D eigenvalue weighted by Crippen LogP contribution is -1.99. The number of benzene rings is 2. The van der Waals surface area contributed by atoms with Crippen molar-refractivity contribution in [1.29, 1.82) is 0 Å². The van der Waals surface area contributed by atoms with Crippen molar-refractivity contribution in [3.63, 3.8) is 0 Å². The van der Waals surface area contributed by atoms with Crippen molar-refractivity contribution in [2.45, 2.75) is 26.6 Å². The first-order chi connectivity index (χ1) is 9.60. The molecule has 20 heavy (non-hydrogen) atoms. The molecule has 106 valence electrons. The molecule has 2 aromatic rings. The minimum atomic E-state index is -0.457. The molecule has 0 saturated carbocycles. The van der Waals surface area contributed by atoms with E-state index in [1.54, 1.807) is 14.0 Å². The number of hydrogen-bond donors (Lipinski definition) is 1. The molecular formula is C17H20O3. The van der Waals surface area contributed by atoms with Gasteiger partial charge in [0.2, 0.25) is 0 Å². The zero-order chi connectivity index (χ0) is 14.5. The predicted molar refractivity (Wildman–Crippen MR) is 79.1 cm³/mol. The van der Waals surface area contributed by atoms with Crippen molar-refractivity contribution >= 4 is 0 Å². The Bertz CT molecular complexity index is 559. The van der Waals surface area contributed by atoms with Crippen LogP contribution in [-0.2, 0) is 6.61 Å². The van der Waals surface area contributed by atoms with Crippen LogP contribution in [0, 0.1) is 6.92 Å². The van der Waals surface area contributed by atoms with Crippen LogP contribution < -0.4 is 9.47 Å². The second kappa shape index (κ2) is 6.44. The lowest BCUT2D eigenvalue weighted by Gasteiger charge is -2.12. The van der Waals surface area contributed by atoms with Crippen LogP contribution >= 0.6 is 0 Å². The highest BCUT2D eigenvalue weighted by molar-refractivity contribution is 5.37. The number of rotatable bonds is 5. The summed E-state index contributed by atoms with van der Waals surface area (Å²) in [5, 5.41) is 9.46. The molecular weight excluding hydrogens is 252 g/mol. The highest BCUT2D eigenvalue weighted by Crippen LogP contribution is 2.23. The summed E-state index contributed by atoms with van der Waals surface area (Å²) in [5.41, 5.74) is 3.08. The third kappa shape index (κ3) is 3.52. The topological polar surface area (TPSA) is 38.7 Å². The fraction of sp³-hybridized carbons (Fsp3) is 0.294. The van der Waals surface area contributed by atoms with Gasteiger partial charge >= 0.3 is 0 Å². The van der Waals surface area contributed by atoms with Crippen LogP contribution in [0.1, 0.15) is 29.7 Å². The van der Waals surface area contributed by atoms with Crippen LogP contribution in [0.3, 0.4) is 0 Å². The normalized spacial score (nSPS) is 12.0. The van der Waals surface area contributed by atoms with Crippen LogP contribution in [0.5, 0.6) is 11.5 Å². The zero-order valence-electron chi connectivity index (χ0n) is 12.1. The van der Waals surface area contributed by atoms with Gasteiger partial charge in [0, 0.05) is 5.56 Å². The Hall–Kier alpha value is -2.00. The molecule has 0 amide bonds. The second-order valence-electron chi connectivity index (χ2n) is 4.85. The summed E-state index contributed by atoms with van der Waals surface area (Å²) in [7, 11) is 1.66. The molecule has 1 unspecified atom stereocenters. The van der Waals surface area contributed by atoms with Crippen molar-refractivity contribution in [1.82, 2.24) is 0 Å². The van der Waals surface area contributed by atoms with Crippen LogP contribution in [0.15, 0.2) is 42.5 Å². The highest BCUT2D eigenvalue weighted by atomic mass is 16.5. The van der Waals surface area contributed by atoms with Gasteiger partial charge in [-0.05, 0) is 43.7 Å². The van der Waals surface area contributed by atoms with Gasteiger partial charge < -0.3 is 14.6 Å². The molecule has 0 fully saturated rings. The van der Waals surface area contributed by atoms with E-state index in [0.717, 1.165) is 22.6 Å². The van der Waals surface area contributed by atoms with Crippen LogP contribution in [0.4, 0.5) is 0 Å². The van der Waals surface area contributed by atoms with Crippen molar-refractivity contribution in [3.05, 3.63) is 59.2 Å². The number of hydrogen-bond acceptors (Lipinski definition) is 3. The Morgan fingerprint density at radius 1 is 1.10 bits per heavy atom. The Morgan fingerprint density at radius 3 is 2.40 bits per heavy atom. The average Bonchev–Trinajstić information content (AvgIpc) is 2.45. The quantitative estimate of drug-likeness (QED) is 0.903. The van der Waals surface area contributed by atoms with E-state index in [-0.39, 0.29) is 0 Å². The summed E-state index contributed by atoms with van der Waals surface area (Å²) in [6, 6.07) is 13.5. The van der Waals surface area contributed by atoms with E-state index in [2.05, 4.69) is 6.07 Å². The van der Waals surface area contributed by atoms with Gasteiger partial charge in [0.25, 0.3) is 0 Å². The zero-order valence-corrected chi connectivity index (χ0v) is 12.1. The summed E-state index contributed by atoms with van der Waals surface area (Å²) in [5.74, 6) is 1.61. The number of methoxy groups -OCH3 is 1. The maximum Gasteiger partial charge on any atom is 0.125 e. The van der Waals surface area contributed by atoms with Gasteiger partial charge in [-0.1, -0.05) is 23.8 Å². The van der Waals surface area contributed by atoms with Crippen LogP contribution in [0.2, 0.25) is 0 Å². The minimum Gasteiger partial charge on any atom is -0.496 e. The van der Waals surface area contributed by atoms with E-state index in [0.29, 0.717) is 6.61 Å². The third-order valence-electron chi connectivity index (χ3n) is 3.19. The fourth-order valence-electron chi connectivity index (χ4n) is 2.02. The summed E-state index contributed by atoms with van der Waals surface area (Å²) >= 11 is 0. The van der Waals surface area contributed by atoms with Gasteiger partial charge in [0.1, 0.15) is 18.1 Å². The molecule has 1 atom stereocenters. The first kappa shape index (κ1) is 14.4. The number of ether oxygens (including phenoxy) is 2. The van der Waals surface area contributed by atoms with E-state index in [4.69, 9.17) is 9.47 Å². The fourth-order valence-corrected chi connectivity index (χ4v) is 2.02. The molecule has 3 heteroatoms. The third-order valence-corrected chi connectivity index (χ3v) is 3.19. The van der Waals surface area contributed by atoms with Gasteiger partial charge in [0.15, 0.2) is 0 Å². The Balaban J connectivity index is 2.06. The molecule has 0 aromatic heterocycles. The van der Waals surface area contributed by atoms with Gasteiger partial charge in [-0.25, -0.2) is 0 Å². The monoisotopic (exact) mass is 272 g/mol. The van der Waals surface area contributed by atoms with E-state index >= 15 is 0 Å². The molecule has 0 aliphatic carbocycles. The predicted octanol–water partition coefficient (Wildman–Crippen LogP) is 3.64. The van der Waals surface area contributed by atoms with Crippen LogP contribution in [0.25, 0.3) is 0 Å². The summed E-state index contributed by atoms with van der Waals surface area (Å²) in [4.78, 5) is 0. The molecule has 0 aliphatic rings. The van der Waals surface area contributed by atoms with Gasteiger partial charge in [-0.15, -0.1) is 0 Å². The number of aryl methyl sites for hydroxylation is 1. The largest absolute Gasteiger partial charge is 0.496 e. The summed E-state index contributed by atoms with van der Waals surface area (Å²) in [6.45, 7) is 4.24. The molecule has 0 aliphatic heterocycles. The maximum atomic E-state index is 9.46. The molecule has 0 spiro atoms. The summed E-state index contributed by atoms with van der Waals surface area (Å²) in [6.07, 6.45) is -0.457. The number of aliphatic hydroxyl groups excluding tert-OH is 1.